The highest BCUT2D eigenvalue weighted by Gasteiger charge is 2.22. The Balaban J connectivity index is 1.99. The minimum absolute atomic E-state index is 0.0353. The molecule has 0 spiro atoms. The van der Waals surface area contributed by atoms with Crippen LogP contribution in [0, 0.1) is 11.2 Å². The predicted molar refractivity (Wildman–Crippen MR) is 92.4 cm³/mol. The Bertz CT molecular complexity index is 703. The second-order valence-corrected chi connectivity index (χ2v) is 7.13. The number of hydrogen-bond donors (Lipinski definition) is 2. The standard InChI is InChI=1S/C19H23FN2O3/c1-19(2,3)10-16(13-4-6-15(20)7-5-13)22-17(23)11-21-18(24)14-8-9-25-12-14/h4-9,12,16H,10-11H2,1-3H3,(H,21,24)(H,22,23)/t16-/m1/s1. The molecule has 0 aliphatic rings. The Hall–Kier alpha value is -2.63. The van der Waals surface area contributed by atoms with Crippen LogP contribution in [0.2, 0.25) is 0 Å². The van der Waals surface area contributed by atoms with Crippen molar-refractivity contribution in [3.63, 3.8) is 0 Å². The van der Waals surface area contributed by atoms with Gasteiger partial charge >= 0.3 is 0 Å². The summed E-state index contributed by atoms with van der Waals surface area (Å²) in [6.07, 6.45) is 3.39. The molecule has 2 aromatic rings. The number of nitrogens with one attached hydrogen (secondary N) is 2. The van der Waals surface area contributed by atoms with E-state index in [-0.39, 0.29) is 35.6 Å². The van der Waals surface area contributed by atoms with E-state index in [0.717, 1.165) is 5.56 Å². The molecule has 0 saturated heterocycles. The third-order valence-corrected chi connectivity index (χ3v) is 3.62. The molecular weight excluding hydrogens is 323 g/mol. The molecule has 0 fully saturated rings. The third kappa shape index (κ3) is 6.06. The van der Waals surface area contributed by atoms with Crippen molar-refractivity contribution in [3.8, 4) is 0 Å². The van der Waals surface area contributed by atoms with Crippen molar-refractivity contribution in [2.24, 2.45) is 5.41 Å². The van der Waals surface area contributed by atoms with Crippen molar-refractivity contribution >= 4 is 11.8 Å². The average Bonchev–Trinajstić information content (AvgIpc) is 3.06. The van der Waals surface area contributed by atoms with Crippen LogP contribution in [0.1, 0.15) is 49.2 Å². The van der Waals surface area contributed by atoms with Gasteiger partial charge in [0, 0.05) is 0 Å². The van der Waals surface area contributed by atoms with Crippen LogP contribution in [-0.4, -0.2) is 18.4 Å². The molecule has 1 aromatic carbocycles. The molecule has 0 radical (unpaired) electrons. The maximum Gasteiger partial charge on any atom is 0.254 e. The largest absolute Gasteiger partial charge is 0.472 e. The van der Waals surface area contributed by atoms with Gasteiger partial charge < -0.3 is 15.1 Å². The number of amides is 2. The Morgan fingerprint density at radius 1 is 1.16 bits per heavy atom. The molecule has 25 heavy (non-hydrogen) atoms. The van der Waals surface area contributed by atoms with E-state index < -0.39 is 0 Å². The van der Waals surface area contributed by atoms with Crippen LogP contribution in [-0.2, 0) is 4.79 Å². The van der Waals surface area contributed by atoms with Crippen molar-refractivity contribution in [2.45, 2.75) is 33.2 Å². The van der Waals surface area contributed by atoms with E-state index in [1.165, 1.54) is 30.7 Å². The summed E-state index contributed by atoms with van der Waals surface area (Å²) in [6, 6.07) is 7.33. The fourth-order valence-corrected chi connectivity index (χ4v) is 2.46. The Morgan fingerprint density at radius 2 is 1.84 bits per heavy atom. The maximum atomic E-state index is 13.2. The first-order chi connectivity index (χ1) is 11.7. The van der Waals surface area contributed by atoms with Gasteiger partial charge in [-0.25, -0.2) is 4.39 Å². The lowest BCUT2D eigenvalue weighted by atomic mass is 9.85. The first kappa shape index (κ1) is 18.7. The molecule has 0 aliphatic carbocycles. The van der Waals surface area contributed by atoms with Crippen LogP contribution < -0.4 is 10.6 Å². The van der Waals surface area contributed by atoms with Gasteiger partial charge in [0.25, 0.3) is 5.91 Å². The first-order valence-electron chi connectivity index (χ1n) is 8.10. The summed E-state index contributed by atoms with van der Waals surface area (Å²) in [7, 11) is 0. The highest BCUT2D eigenvalue weighted by Crippen LogP contribution is 2.29. The van der Waals surface area contributed by atoms with E-state index in [0.29, 0.717) is 12.0 Å². The molecule has 2 rings (SSSR count). The Labute approximate surface area is 146 Å². The second kappa shape index (κ2) is 7.96. The molecule has 1 atom stereocenters. The molecule has 1 heterocycles. The lowest BCUT2D eigenvalue weighted by molar-refractivity contribution is -0.121. The smallest absolute Gasteiger partial charge is 0.254 e. The van der Waals surface area contributed by atoms with E-state index >= 15 is 0 Å². The highest BCUT2D eigenvalue weighted by atomic mass is 19.1. The number of furan rings is 1. The molecule has 2 N–H and O–H groups in total. The van der Waals surface area contributed by atoms with E-state index in [2.05, 4.69) is 31.4 Å². The number of hydrogen-bond acceptors (Lipinski definition) is 3. The summed E-state index contributed by atoms with van der Waals surface area (Å²) in [5.74, 6) is -1.01. The molecule has 1 aromatic heterocycles. The van der Waals surface area contributed by atoms with Gasteiger partial charge in [-0.15, -0.1) is 0 Å². The summed E-state index contributed by atoms with van der Waals surface area (Å²) in [4.78, 5) is 24.1. The van der Waals surface area contributed by atoms with Crippen molar-refractivity contribution in [1.82, 2.24) is 10.6 Å². The topological polar surface area (TPSA) is 71.3 Å². The van der Waals surface area contributed by atoms with Crippen LogP contribution in [0.3, 0.4) is 0 Å². The van der Waals surface area contributed by atoms with Crippen molar-refractivity contribution < 1.29 is 18.4 Å². The van der Waals surface area contributed by atoms with Gasteiger partial charge in [0.2, 0.25) is 5.91 Å². The fraction of sp³-hybridized carbons (Fsp3) is 0.368. The molecule has 0 aliphatic heterocycles. The van der Waals surface area contributed by atoms with Gasteiger partial charge in [-0.05, 0) is 35.6 Å². The van der Waals surface area contributed by atoms with Crippen LogP contribution in [0.5, 0.6) is 0 Å². The maximum absolute atomic E-state index is 13.2. The van der Waals surface area contributed by atoms with Crippen molar-refractivity contribution in [1.29, 1.82) is 0 Å². The third-order valence-electron chi connectivity index (χ3n) is 3.62. The SMILES string of the molecule is CC(C)(C)C[C@@H](NC(=O)CNC(=O)c1ccoc1)c1ccc(F)cc1. The number of benzene rings is 1. The minimum Gasteiger partial charge on any atom is -0.472 e. The zero-order valence-corrected chi connectivity index (χ0v) is 14.6. The lowest BCUT2D eigenvalue weighted by Gasteiger charge is -2.27. The van der Waals surface area contributed by atoms with E-state index in [9.17, 15) is 14.0 Å². The minimum atomic E-state index is -0.377. The molecule has 5 nitrogen and oxygen atoms in total. The Morgan fingerprint density at radius 3 is 2.40 bits per heavy atom. The highest BCUT2D eigenvalue weighted by molar-refractivity contribution is 5.96. The summed E-state index contributed by atoms with van der Waals surface area (Å²) in [5.41, 5.74) is 1.15. The molecule has 0 bridgehead atoms. The summed E-state index contributed by atoms with van der Waals surface area (Å²) in [6.45, 7) is 6.05. The zero-order valence-electron chi connectivity index (χ0n) is 14.6. The van der Waals surface area contributed by atoms with Crippen molar-refractivity contribution in [3.05, 3.63) is 59.8 Å². The van der Waals surface area contributed by atoms with Gasteiger partial charge in [-0.3, -0.25) is 9.59 Å². The normalized spacial score (nSPS) is 12.5. The van der Waals surface area contributed by atoms with Gasteiger partial charge in [-0.1, -0.05) is 32.9 Å². The van der Waals surface area contributed by atoms with Crippen LogP contribution in [0.15, 0.2) is 47.3 Å². The monoisotopic (exact) mass is 346 g/mol. The van der Waals surface area contributed by atoms with Crippen LogP contribution >= 0.6 is 0 Å². The molecule has 0 saturated carbocycles. The summed E-state index contributed by atoms with van der Waals surface area (Å²) >= 11 is 0. The van der Waals surface area contributed by atoms with Gasteiger partial charge in [0.15, 0.2) is 0 Å². The zero-order chi connectivity index (χ0) is 18.4. The van der Waals surface area contributed by atoms with Gasteiger partial charge in [-0.2, -0.15) is 0 Å². The quantitative estimate of drug-likeness (QED) is 0.842. The average molecular weight is 346 g/mol. The first-order valence-corrected chi connectivity index (χ1v) is 8.10. The number of rotatable bonds is 6. The van der Waals surface area contributed by atoms with Gasteiger partial charge in [0.1, 0.15) is 12.1 Å². The molecule has 6 heteroatoms. The van der Waals surface area contributed by atoms with E-state index in [4.69, 9.17) is 4.42 Å². The van der Waals surface area contributed by atoms with Crippen molar-refractivity contribution in [2.75, 3.05) is 6.54 Å². The van der Waals surface area contributed by atoms with Gasteiger partial charge in [0.05, 0.1) is 24.4 Å². The lowest BCUT2D eigenvalue weighted by Crippen LogP contribution is -2.39. The number of carbonyl (C=O) groups is 2. The number of carbonyl (C=O) groups excluding carboxylic acids is 2. The van der Waals surface area contributed by atoms with E-state index in [1.54, 1.807) is 12.1 Å². The number of halogens is 1. The predicted octanol–water partition coefficient (Wildman–Crippen LogP) is 3.44. The summed E-state index contributed by atoms with van der Waals surface area (Å²) in [5, 5.41) is 5.45. The second-order valence-electron chi connectivity index (χ2n) is 7.13. The summed E-state index contributed by atoms with van der Waals surface area (Å²) < 4.78 is 18.0. The van der Waals surface area contributed by atoms with Crippen LogP contribution in [0.4, 0.5) is 4.39 Å². The molecular formula is C19H23FN2O3. The molecule has 0 unspecified atom stereocenters. The van der Waals surface area contributed by atoms with Crippen LogP contribution in [0.25, 0.3) is 0 Å². The molecule has 134 valence electrons. The molecule has 2 amide bonds. The van der Waals surface area contributed by atoms with E-state index in [1.807, 2.05) is 0 Å². The Kier molecular flexibility index (Phi) is 5.96. The fourth-order valence-electron chi connectivity index (χ4n) is 2.46.